The van der Waals surface area contributed by atoms with E-state index in [4.69, 9.17) is 4.42 Å². The summed E-state index contributed by atoms with van der Waals surface area (Å²) in [5.41, 5.74) is 11.9. The highest BCUT2D eigenvalue weighted by molar-refractivity contribution is 6.15. The van der Waals surface area contributed by atoms with Crippen molar-refractivity contribution in [2.24, 2.45) is 0 Å². The normalized spacial score (nSPS) is 11.5. The molecular formula is C50H33NO. The Balaban J connectivity index is 1.12. The van der Waals surface area contributed by atoms with Gasteiger partial charge >= 0.3 is 0 Å². The summed E-state index contributed by atoms with van der Waals surface area (Å²) < 4.78 is 6.80. The third kappa shape index (κ3) is 5.21. The molecule has 0 aliphatic carbocycles. The zero-order chi connectivity index (χ0) is 34.4. The fraction of sp³-hybridized carbons (Fsp3) is 0. The average molecular weight is 664 g/mol. The molecule has 1 aromatic heterocycles. The minimum absolute atomic E-state index is 0.859. The second-order valence-electron chi connectivity index (χ2n) is 13.4. The molecule has 0 spiro atoms. The fourth-order valence-corrected chi connectivity index (χ4v) is 7.64. The van der Waals surface area contributed by atoms with E-state index in [9.17, 15) is 0 Å². The van der Waals surface area contributed by atoms with Crippen LogP contribution in [-0.2, 0) is 0 Å². The van der Waals surface area contributed by atoms with Gasteiger partial charge in [0.2, 0.25) is 0 Å². The standard InChI is InChI=1S/C50H33NO/c1-2-12-38(13-3-1)45-16-9-19-48-49(45)46-17-8-18-47(50(46)52-48)51(43-28-24-36(25-29-43)41-22-20-34-10-4-6-14-39(34)32-41)44-30-26-37(27-31-44)42-23-21-35-11-5-7-15-40(35)33-42/h1-33H. The minimum Gasteiger partial charge on any atom is -0.454 e. The van der Waals surface area contributed by atoms with E-state index in [1.165, 1.54) is 54.9 Å². The van der Waals surface area contributed by atoms with E-state index in [2.05, 4.69) is 205 Å². The third-order valence-corrected chi connectivity index (χ3v) is 10.2. The number of furan rings is 1. The summed E-state index contributed by atoms with van der Waals surface area (Å²) in [5, 5.41) is 7.19. The highest BCUT2D eigenvalue weighted by atomic mass is 16.3. The van der Waals surface area contributed by atoms with Crippen molar-refractivity contribution in [3.63, 3.8) is 0 Å². The fourth-order valence-electron chi connectivity index (χ4n) is 7.64. The zero-order valence-corrected chi connectivity index (χ0v) is 28.4. The number of rotatable bonds is 6. The van der Waals surface area contributed by atoms with Crippen molar-refractivity contribution in [1.29, 1.82) is 0 Å². The molecule has 1 heterocycles. The lowest BCUT2D eigenvalue weighted by Gasteiger charge is -2.26. The van der Waals surface area contributed by atoms with E-state index in [-0.39, 0.29) is 0 Å². The lowest BCUT2D eigenvalue weighted by atomic mass is 9.99. The van der Waals surface area contributed by atoms with E-state index < -0.39 is 0 Å². The van der Waals surface area contributed by atoms with Gasteiger partial charge in [0.15, 0.2) is 5.58 Å². The lowest BCUT2D eigenvalue weighted by molar-refractivity contribution is 0.669. The van der Waals surface area contributed by atoms with E-state index in [1.807, 2.05) is 0 Å². The molecule has 0 saturated carbocycles. The molecular weight excluding hydrogens is 631 g/mol. The molecule has 0 unspecified atom stereocenters. The molecule has 52 heavy (non-hydrogen) atoms. The zero-order valence-electron chi connectivity index (χ0n) is 28.4. The van der Waals surface area contributed by atoms with Crippen LogP contribution in [0.15, 0.2) is 205 Å². The molecule has 244 valence electrons. The van der Waals surface area contributed by atoms with Crippen molar-refractivity contribution in [2.75, 3.05) is 4.90 Å². The molecule has 0 aliphatic heterocycles. The van der Waals surface area contributed by atoms with Gasteiger partial charge in [-0.05, 0) is 103 Å². The summed E-state index contributed by atoms with van der Waals surface area (Å²) in [7, 11) is 0. The molecule has 10 aromatic rings. The van der Waals surface area contributed by atoms with Gasteiger partial charge in [-0.15, -0.1) is 0 Å². The summed E-state index contributed by atoms with van der Waals surface area (Å²) >= 11 is 0. The van der Waals surface area contributed by atoms with Gasteiger partial charge < -0.3 is 9.32 Å². The SMILES string of the molecule is c1ccc(-c2cccc3oc4c(N(c5ccc(-c6ccc7ccccc7c6)cc5)c5ccc(-c6ccc7ccccc7c6)cc5)cccc4c23)cc1. The highest BCUT2D eigenvalue weighted by Gasteiger charge is 2.21. The maximum absolute atomic E-state index is 6.80. The first kappa shape index (κ1) is 30.0. The number of para-hydroxylation sites is 1. The number of hydrogen-bond acceptors (Lipinski definition) is 2. The van der Waals surface area contributed by atoms with Crippen LogP contribution in [0.5, 0.6) is 0 Å². The van der Waals surface area contributed by atoms with Crippen LogP contribution in [0.2, 0.25) is 0 Å². The number of fused-ring (bicyclic) bond motifs is 5. The third-order valence-electron chi connectivity index (χ3n) is 10.2. The Hall–Kier alpha value is -6.90. The van der Waals surface area contributed by atoms with Crippen molar-refractivity contribution < 1.29 is 4.42 Å². The van der Waals surface area contributed by atoms with Gasteiger partial charge in [0.25, 0.3) is 0 Å². The van der Waals surface area contributed by atoms with Gasteiger partial charge in [0, 0.05) is 22.1 Å². The first-order valence-electron chi connectivity index (χ1n) is 17.8. The average Bonchev–Trinajstić information content (AvgIpc) is 3.61. The Morgan fingerprint density at radius 1 is 0.346 bits per heavy atom. The van der Waals surface area contributed by atoms with Crippen LogP contribution in [0, 0.1) is 0 Å². The predicted octanol–water partition coefficient (Wildman–Crippen LogP) is 14.4. The van der Waals surface area contributed by atoms with Crippen LogP contribution in [0.3, 0.4) is 0 Å². The Morgan fingerprint density at radius 3 is 1.46 bits per heavy atom. The minimum atomic E-state index is 0.859. The Bertz CT molecular complexity index is 2760. The Labute approximate surface area is 302 Å². The van der Waals surface area contributed by atoms with E-state index >= 15 is 0 Å². The van der Waals surface area contributed by atoms with Gasteiger partial charge in [-0.3, -0.25) is 0 Å². The second kappa shape index (κ2) is 12.5. The van der Waals surface area contributed by atoms with Gasteiger partial charge in [-0.25, -0.2) is 0 Å². The monoisotopic (exact) mass is 663 g/mol. The molecule has 0 amide bonds. The molecule has 2 nitrogen and oxygen atoms in total. The van der Waals surface area contributed by atoms with Crippen LogP contribution >= 0.6 is 0 Å². The first-order chi connectivity index (χ1) is 25.8. The highest BCUT2D eigenvalue weighted by Crippen LogP contribution is 2.45. The van der Waals surface area contributed by atoms with Crippen LogP contribution < -0.4 is 4.90 Å². The Morgan fingerprint density at radius 2 is 0.865 bits per heavy atom. The van der Waals surface area contributed by atoms with Gasteiger partial charge in [0.1, 0.15) is 5.58 Å². The summed E-state index contributed by atoms with van der Waals surface area (Å²) in [6.45, 7) is 0. The van der Waals surface area contributed by atoms with Crippen LogP contribution in [-0.4, -0.2) is 0 Å². The molecule has 0 N–H and O–H groups in total. The van der Waals surface area contributed by atoms with Crippen LogP contribution in [0.25, 0.3) is 76.9 Å². The summed E-state index contributed by atoms with van der Waals surface area (Å²) in [4.78, 5) is 2.32. The first-order valence-corrected chi connectivity index (χ1v) is 17.8. The smallest absolute Gasteiger partial charge is 0.159 e. The van der Waals surface area contributed by atoms with Crippen LogP contribution in [0.1, 0.15) is 0 Å². The molecule has 0 radical (unpaired) electrons. The van der Waals surface area contributed by atoms with Gasteiger partial charge in [0.05, 0.1) is 5.69 Å². The molecule has 0 saturated heterocycles. The van der Waals surface area contributed by atoms with Gasteiger partial charge in [-0.1, -0.05) is 152 Å². The lowest BCUT2D eigenvalue weighted by Crippen LogP contribution is -2.10. The van der Waals surface area contributed by atoms with Crippen molar-refractivity contribution in [3.8, 4) is 33.4 Å². The number of anilines is 3. The molecule has 2 heteroatoms. The van der Waals surface area contributed by atoms with Crippen molar-refractivity contribution in [2.45, 2.75) is 0 Å². The molecule has 9 aromatic carbocycles. The molecule has 0 bridgehead atoms. The Kier molecular flexibility index (Phi) is 7.18. The van der Waals surface area contributed by atoms with Crippen molar-refractivity contribution in [1.82, 2.24) is 0 Å². The summed E-state index contributed by atoms with van der Waals surface area (Å²) in [5.74, 6) is 0. The maximum atomic E-state index is 6.80. The van der Waals surface area contributed by atoms with Crippen molar-refractivity contribution >= 4 is 60.5 Å². The van der Waals surface area contributed by atoms with Crippen molar-refractivity contribution in [3.05, 3.63) is 200 Å². The molecule has 0 aliphatic rings. The summed E-state index contributed by atoms with van der Waals surface area (Å²) in [6, 6.07) is 71.6. The number of benzene rings is 9. The number of nitrogens with zero attached hydrogens (tertiary/aromatic N) is 1. The molecule has 0 fully saturated rings. The number of hydrogen-bond donors (Lipinski definition) is 0. The van der Waals surface area contributed by atoms with E-state index in [1.54, 1.807) is 0 Å². The molecule has 10 rings (SSSR count). The maximum Gasteiger partial charge on any atom is 0.159 e. The summed E-state index contributed by atoms with van der Waals surface area (Å²) in [6.07, 6.45) is 0. The second-order valence-corrected chi connectivity index (χ2v) is 13.4. The topological polar surface area (TPSA) is 16.4 Å². The van der Waals surface area contributed by atoms with Gasteiger partial charge in [-0.2, -0.15) is 0 Å². The van der Waals surface area contributed by atoms with Crippen LogP contribution in [0.4, 0.5) is 17.1 Å². The largest absolute Gasteiger partial charge is 0.454 e. The van der Waals surface area contributed by atoms with E-state index in [0.29, 0.717) is 0 Å². The van der Waals surface area contributed by atoms with E-state index in [0.717, 1.165) is 39.0 Å². The predicted molar refractivity (Wildman–Crippen MR) is 220 cm³/mol. The quantitative estimate of drug-likeness (QED) is 0.176. The molecule has 0 atom stereocenters.